The average Bonchev–Trinajstić information content (AvgIpc) is 3.17. The number of ether oxygens (including phenoxy) is 2. The first-order chi connectivity index (χ1) is 13.7. The van der Waals surface area contributed by atoms with Gasteiger partial charge in [-0.3, -0.25) is 20.0 Å². The Hall–Kier alpha value is -3.13. The molecule has 2 N–H and O–H groups in total. The predicted molar refractivity (Wildman–Crippen MR) is 102 cm³/mol. The van der Waals surface area contributed by atoms with Crippen LogP contribution in [0.2, 0.25) is 0 Å². The minimum Gasteiger partial charge on any atom is -0.454 e. The van der Waals surface area contributed by atoms with Crippen LogP contribution in [0.1, 0.15) is 24.5 Å². The number of anilines is 1. The molecule has 0 unspecified atom stereocenters. The minimum atomic E-state index is -0.563. The summed E-state index contributed by atoms with van der Waals surface area (Å²) >= 11 is 0. The number of aromatic nitrogens is 1. The first kappa shape index (κ1) is 18.2. The van der Waals surface area contributed by atoms with E-state index in [4.69, 9.17) is 9.47 Å². The molecule has 3 amide bonds. The third-order valence-corrected chi connectivity index (χ3v) is 4.94. The fourth-order valence-electron chi connectivity index (χ4n) is 3.51. The number of carbonyl (C=O) groups excluding carboxylic acids is 2. The zero-order valence-corrected chi connectivity index (χ0v) is 15.4. The molecule has 1 saturated heterocycles. The van der Waals surface area contributed by atoms with E-state index in [1.54, 1.807) is 18.2 Å². The van der Waals surface area contributed by atoms with E-state index in [-0.39, 0.29) is 19.2 Å². The van der Waals surface area contributed by atoms with Crippen LogP contribution in [0.3, 0.4) is 0 Å². The number of nitrogens with zero attached hydrogens (tertiary/aromatic N) is 2. The van der Waals surface area contributed by atoms with Crippen molar-refractivity contribution in [2.75, 3.05) is 31.7 Å². The number of likely N-dealkylation sites (tertiary alicyclic amines) is 1. The number of fused-ring (bicyclic) bond motifs is 1. The molecule has 2 aromatic rings. The highest BCUT2D eigenvalue weighted by Gasteiger charge is 2.23. The molecule has 8 nitrogen and oxygen atoms in total. The molecule has 3 heterocycles. The highest BCUT2D eigenvalue weighted by atomic mass is 16.7. The second-order valence-corrected chi connectivity index (χ2v) is 6.88. The first-order valence-electron chi connectivity index (χ1n) is 9.31. The lowest BCUT2D eigenvalue weighted by Gasteiger charge is -2.31. The Bertz CT molecular complexity index is 851. The smallest absolute Gasteiger partial charge is 0.325 e. The number of amides is 3. The zero-order valence-electron chi connectivity index (χ0n) is 15.4. The molecule has 0 spiro atoms. The molecule has 2 aliphatic rings. The Balaban J connectivity index is 1.22. The Morgan fingerprint density at radius 1 is 1.11 bits per heavy atom. The number of hydrogen-bond acceptors (Lipinski definition) is 6. The minimum absolute atomic E-state index is 0.167. The SMILES string of the molecule is O=C(CN1CCC(c2ccccn2)CC1)NC(=O)Nc1ccc2c(c1)OCO2. The fourth-order valence-corrected chi connectivity index (χ4v) is 3.51. The van der Waals surface area contributed by atoms with Gasteiger partial charge in [0.05, 0.1) is 6.54 Å². The molecule has 1 aromatic carbocycles. The summed E-state index contributed by atoms with van der Waals surface area (Å²) in [5.74, 6) is 1.31. The molecular weight excluding hydrogens is 360 g/mol. The summed E-state index contributed by atoms with van der Waals surface area (Å²) in [6.07, 6.45) is 3.72. The van der Waals surface area contributed by atoms with Crippen molar-refractivity contribution in [3.05, 3.63) is 48.3 Å². The third kappa shape index (κ3) is 4.40. The van der Waals surface area contributed by atoms with Crippen molar-refractivity contribution in [1.82, 2.24) is 15.2 Å². The monoisotopic (exact) mass is 382 g/mol. The van der Waals surface area contributed by atoms with Crippen LogP contribution in [0.4, 0.5) is 10.5 Å². The van der Waals surface area contributed by atoms with E-state index >= 15 is 0 Å². The molecule has 1 fully saturated rings. The lowest BCUT2D eigenvalue weighted by atomic mass is 9.93. The average molecular weight is 382 g/mol. The number of imide groups is 1. The van der Waals surface area contributed by atoms with Gasteiger partial charge >= 0.3 is 6.03 Å². The third-order valence-electron chi connectivity index (χ3n) is 4.94. The normalized spacial score (nSPS) is 16.6. The molecule has 0 radical (unpaired) electrons. The number of benzene rings is 1. The van der Waals surface area contributed by atoms with Crippen LogP contribution < -0.4 is 20.1 Å². The highest BCUT2D eigenvalue weighted by Crippen LogP contribution is 2.34. The van der Waals surface area contributed by atoms with Gasteiger partial charge in [-0.2, -0.15) is 0 Å². The van der Waals surface area contributed by atoms with Crippen LogP contribution >= 0.6 is 0 Å². The number of pyridine rings is 1. The molecule has 0 bridgehead atoms. The Morgan fingerprint density at radius 2 is 1.93 bits per heavy atom. The van der Waals surface area contributed by atoms with Gasteiger partial charge in [0.2, 0.25) is 12.7 Å². The number of carbonyl (C=O) groups is 2. The Kier molecular flexibility index (Phi) is 5.38. The molecule has 8 heteroatoms. The van der Waals surface area contributed by atoms with Gasteiger partial charge in [0.25, 0.3) is 0 Å². The molecule has 146 valence electrons. The largest absolute Gasteiger partial charge is 0.454 e. The second-order valence-electron chi connectivity index (χ2n) is 6.88. The van der Waals surface area contributed by atoms with Gasteiger partial charge < -0.3 is 14.8 Å². The van der Waals surface area contributed by atoms with Crippen molar-refractivity contribution in [3.8, 4) is 11.5 Å². The molecule has 28 heavy (non-hydrogen) atoms. The number of hydrogen-bond donors (Lipinski definition) is 2. The fraction of sp³-hybridized carbons (Fsp3) is 0.350. The van der Waals surface area contributed by atoms with Crippen molar-refractivity contribution in [2.45, 2.75) is 18.8 Å². The van der Waals surface area contributed by atoms with E-state index in [1.807, 2.05) is 24.4 Å². The van der Waals surface area contributed by atoms with Gasteiger partial charge in [0, 0.05) is 29.6 Å². The zero-order chi connectivity index (χ0) is 19.3. The molecule has 2 aliphatic heterocycles. The Morgan fingerprint density at radius 3 is 2.71 bits per heavy atom. The van der Waals surface area contributed by atoms with Gasteiger partial charge in [0.15, 0.2) is 11.5 Å². The van der Waals surface area contributed by atoms with E-state index in [9.17, 15) is 9.59 Å². The maximum Gasteiger partial charge on any atom is 0.325 e. The van der Waals surface area contributed by atoms with Crippen LogP contribution in [0.5, 0.6) is 11.5 Å². The van der Waals surface area contributed by atoms with E-state index in [0.717, 1.165) is 31.6 Å². The maximum absolute atomic E-state index is 12.2. The van der Waals surface area contributed by atoms with Crippen molar-refractivity contribution in [3.63, 3.8) is 0 Å². The first-order valence-corrected chi connectivity index (χ1v) is 9.31. The lowest BCUT2D eigenvalue weighted by molar-refractivity contribution is -0.121. The van der Waals surface area contributed by atoms with Gasteiger partial charge in [-0.05, 0) is 50.2 Å². The van der Waals surface area contributed by atoms with Gasteiger partial charge in [-0.1, -0.05) is 6.07 Å². The lowest BCUT2D eigenvalue weighted by Crippen LogP contribution is -2.44. The molecular formula is C20H22N4O4. The number of rotatable bonds is 4. The quantitative estimate of drug-likeness (QED) is 0.843. The standard InChI is InChI=1S/C20H22N4O4/c25-19(12-24-9-6-14(7-10-24)16-3-1-2-8-21-16)23-20(26)22-15-4-5-17-18(11-15)28-13-27-17/h1-5,8,11,14H,6-7,9-10,12-13H2,(H2,22,23,25,26). The summed E-state index contributed by atoms with van der Waals surface area (Å²) in [4.78, 5) is 30.7. The number of urea groups is 1. The predicted octanol–water partition coefficient (Wildman–Crippen LogP) is 2.34. The van der Waals surface area contributed by atoms with E-state index in [2.05, 4.69) is 20.5 Å². The Labute approximate surface area is 162 Å². The van der Waals surface area contributed by atoms with Gasteiger partial charge in [0.1, 0.15) is 0 Å². The van der Waals surface area contributed by atoms with E-state index < -0.39 is 6.03 Å². The second kappa shape index (κ2) is 8.26. The topological polar surface area (TPSA) is 92.8 Å². The summed E-state index contributed by atoms with van der Waals surface area (Å²) in [6, 6.07) is 10.5. The summed E-state index contributed by atoms with van der Waals surface area (Å²) in [7, 11) is 0. The number of piperidine rings is 1. The van der Waals surface area contributed by atoms with Gasteiger partial charge in [-0.25, -0.2) is 4.79 Å². The maximum atomic E-state index is 12.2. The van der Waals surface area contributed by atoms with Crippen LogP contribution in [0.25, 0.3) is 0 Å². The van der Waals surface area contributed by atoms with E-state index in [1.165, 1.54) is 0 Å². The van der Waals surface area contributed by atoms with Crippen LogP contribution in [-0.4, -0.2) is 48.2 Å². The molecule has 0 saturated carbocycles. The van der Waals surface area contributed by atoms with E-state index in [0.29, 0.717) is 23.1 Å². The highest BCUT2D eigenvalue weighted by molar-refractivity contribution is 6.01. The molecule has 0 aliphatic carbocycles. The summed E-state index contributed by atoms with van der Waals surface area (Å²) < 4.78 is 10.5. The van der Waals surface area contributed by atoms with Crippen LogP contribution in [-0.2, 0) is 4.79 Å². The van der Waals surface area contributed by atoms with Crippen molar-refractivity contribution in [1.29, 1.82) is 0 Å². The van der Waals surface area contributed by atoms with Crippen LogP contribution in [0, 0.1) is 0 Å². The summed E-state index contributed by atoms with van der Waals surface area (Å²) in [6.45, 7) is 1.97. The molecule has 4 rings (SSSR count). The molecule has 0 atom stereocenters. The van der Waals surface area contributed by atoms with Crippen molar-refractivity contribution >= 4 is 17.6 Å². The summed E-state index contributed by atoms with van der Waals surface area (Å²) in [5, 5.41) is 5.01. The molecule has 1 aromatic heterocycles. The summed E-state index contributed by atoms with van der Waals surface area (Å²) in [5.41, 5.74) is 1.64. The van der Waals surface area contributed by atoms with Crippen LogP contribution in [0.15, 0.2) is 42.6 Å². The van der Waals surface area contributed by atoms with Crippen molar-refractivity contribution in [2.24, 2.45) is 0 Å². The van der Waals surface area contributed by atoms with Gasteiger partial charge in [-0.15, -0.1) is 0 Å². The van der Waals surface area contributed by atoms with Crippen molar-refractivity contribution < 1.29 is 19.1 Å². The number of nitrogens with one attached hydrogen (secondary N) is 2.